The Kier molecular flexibility index (Phi) is 6.40. The number of H-pyrrole nitrogens is 1. The molecule has 2 aromatic heterocycles. The van der Waals surface area contributed by atoms with E-state index in [1.54, 1.807) is 30.7 Å². The molecule has 27 heavy (non-hydrogen) atoms. The molecule has 0 radical (unpaired) electrons. The van der Waals surface area contributed by atoms with E-state index in [1.165, 1.54) is 12.8 Å². The summed E-state index contributed by atoms with van der Waals surface area (Å²) in [5, 5.41) is 10.7. The zero-order valence-corrected chi connectivity index (χ0v) is 15.1. The molecule has 0 spiro atoms. The molecule has 2 heterocycles. The van der Waals surface area contributed by atoms with Crippen molar-refractivity contribution in [2.45, 2.75) is 26.2 Å². The Labute approximate surface area is 157 Å². The fourth-order valence-electron chi connectivity index (χ4n) is 2.41. The second kappa shape index (κ2) is 9.38. The van der Waals surface area contributed by atoms with Crippen molar-refractivity contribution in [1.29, 1.82) is 0 Å². The van der Waals surface area contributed by atoms with Crippen LogP contribution >= 0.6 is 0 Å². The van der Waals surface area contributed by atoms with Gasteiger partial charge in [0.2, 0.25) is 0 Å². The Hall–Kier alpha value is -3.35. The van der Waals surface area contributed by atoms with Crippen molar-refractivity contribution in [3.63, 3.8) is 0 Å². The number of amides is 1. The molecule has 1 aromatic carbocycles. The number of nitrogens with one attached hydrogen (secondary N) is 2. The molecule has 7 nitrogen and oxygen atoms in total. The maximum atomic E-state index is 12.1. The summed E-state index contributed by atoms with van der Waals surface area (Å²) in [4.78, 5) is 12.1. The molecule has 0 saturated heterocycles. The first-order valence-corrected chi connectivity index (χ1v) is 8.92. The van der Waals surface area contributed by atoms with Crippen LogP contribution in [0.4, 0.5) is 0 Å². The van der Waals surface area contributed by atoms with Gasteiger partial charge in [-0.25, -0.2) is 5.43 Å². The highest BCUT2D eigenvalue weighted by Gasteiger charge is 2.11. The average Bonchev–Trinajstić information content (AvgIpc) is 3.37. The number of benzene rings is 1. The monoisotopic (exact) mass is 366 g/mol. The number of hydrogen-bond donors (Lipinski definition) is 2. The Morgan fingerprint density at radius 3 is 2.89 bits per heavy atom. The van der Waals surface area contributed by atoms with Gasteiger partial charge in [-0.15, -0.1) is 0 Å². The van der Waals surface area contributed by atoms with Crippen molar-refractivity contribution in [3.8, 4) is 17.2 Å². The van der Waals surface area contributed by atoms with Gasteiger partial charge in [0, 0.05) is 6.07 Å². The zero-order chi connectivity index (χ0) is 18.9. The molecule has 3 rings (SSSR count). The number of aromatic amines is 1. The van der Waals surface area contributed by atoms with Crippen LogP contribution in [0.15, 0.2) is 58.2 Å². The highest BCUT2D eigenvalue weighted by Crippen LogP contribution is 2.17. The molecule has 0 aliphatic carbocycles. The number of furan rings is 1. The number of unbranched alkanes of at least 4 members (excludes halogenated alkanes) is 2. The quantitative estimate of drug-likeness (QED) is 0.340. The molecule has 140 valence electrons. The average molecular weight is 366 g/mol. The topological polar surface area (TPSA) is 92.5 Å². The van der Waals surface area contributed by atoms with Crippen molar-refractivity contribution < 1.29 is 13.9 Å². The van der Waals surface area contributed by atoms with Crippen molar-refractivity contribution >= 4 is 12.1 Å². The molecule has 0 bridgehead atoms. The minimum absolute atomic E-state index is 0.231. The van der Waals surface area contributed by atoms with E-state index in [-0.39, 0.29) is 5.69 Å². The second-order valence-electron chi connectivity index (χ2n) is 5.97. The second-order valence-corrected chi connectivity index (χ2v) is 5.97. The lowest BCUT2D eigenvalue weighted by Gasteiger charge is -2.05. The van der Waals surface area contributed by atoms with E-state index in [0.29, 0.717) is 11.5 Å². The fourth-order valence-corrected chi connectivity index (χ4v) is 2.41. The van der Waals surface area contributed by atoms with Gasteiger partial charge < -0.3 is 9.15 Å². The number of ether oxygens (including phenoxy) is 1. The van der Waals surface area contributed by atoms with E-state index in [1.807, 2.05) is 24.3 Å². The first kappa shape index (κ1) is 18.4. The van der Waals surface area contributed by atoms with Gasteiger partial charge in [0.15, 0.2) is 11.5 Å². The van der Waals surface area contributed by atoms with Crippen LogP contribution in [0.5, 0.6) is 5.75 Å². The van der Waals surface area contributed by atoms with Crippen molar-refractivity contribution in [2.75, 3.05) is 6.61 Å². The van der Waals surface area contributed by atoms with E-state index >= 15 is 0 Å². The summed E-state index contributed by atoms with van der Waals surface area (Å²) in [5.41, 5.74) is 4.17. The van der Waals surface area contributed by atoms with Gasteiger partial charge in [0.05, 0.1) is 19.1 Å². The first-order chi connectivity index (χ1) is 13.3. The van der Waals surface area contributed by atoms with Crippen LogP contribution in [0.1, 0.15) is 42.2 Å². The number of hydrazone groups is 1. The highest BCUT2D eigenvalue weighted by molar-refractivity contribution is 5.93. The van der Waals surface area contributed by atoms with Gasteiger partial charge in [-0.1, -0.05) is 19.8 Å². The van der Waals surface area contributed by atoms with Crippen LogP contribution < -0.4 is 10.2 Å². The van der Waals surface area contributed by atoms with E-state index < -0.39 is 5.91 Å². The van der Waals surface area contributed by atoms with Crippen molar-refractivity contribution in [1.82, 2.24) is 15.6 Å². The third-order valence-electron chi connectivity index (χ3n) is 3.87. The largest absolute Gasteiger partial charge is 0.494 e. The molecule has 0 atom stereocenters. The third-order valence-corrected chi connectivity index (χ3v) is 3.87. The number of aromatic nitrogens is 2. The van der Waals surface area contributed by atoms with Crippen LogP contribution in [0, 0.1) is 0 Å². The lowest BCUT2D eigenvalue weighted by atomic mass is 10.2. The Bertz CT molecular complexity index is 867. The summed E-state index contributed by atoms with van der Waals surface area (Å²) in [6.45, 7) is 2.89. The van der Waals surface area contributed by atoms with E-state index in [2.05, 4.69) is 27.6 Å². The lowest BCUT2D eigenvalue weighted by Crippen LogP contribution is -2.17. The van der Waals surface area contributed by atoms with Gasteiger partial charge >= 0.3 is 0 Å². The van der Waals surface area contributed by atoms with Crippen LogP contribution in [0.25, 0.3) is 11.5 Å². The molecular weight excluding hydrogens is 344 g/mol. The molecule has 0 aliphatic heterocycles. The number of carbonyl (C=O) groups is 1. The number of rotatable bonds is 9. The van der Waals surface area contributed by atoms with Gasteiger partial charge in [0.1, 0.15) is 11.4 Å². The van der Waals surface area contributed by atoms with Crippen LogP contribution in [-0.4, -0.2) is 28.9 Å². The minimum Gasteiger partial charge on any atom is -0.494 e. The Morgan fingerprint density at radius 1 is 1.30 bits per heavy atom. The molecule has 7 heteroatoms. The Morgan fingerprint density at radius 2 is 2.15 bits per heavy atom. The summed E-state index contributed by atoms with van der Waals surface area (Å²) in [7, 11) is 0. The third kappa shape index (κ3) is 5.31. The van der Waals surface area contributed by atoms with Crippen LogP contribution in [-0.2, 0) is 0 Å². The highest BCUT2D eigenvalue weighted by atomic mass is 16.5. The van der Waals surface area contributed by atoms with Gasteiger partial charge in [0.25, 0.3) is 5.91 Å². The molecule has 0 unspecified atom stereocenters. The zero-order valence-electron chi connectivity index (χ0n) is 15.1. The van der Waals surface area contributed by atoms with Gasteiger partial charge in [-0.2, -0.15) is 10.2 Å². The molecule has 0 aliphatic rings. The van der Waals surface area contributed by atoms with Gasteiger partial charge in [-0.05, 0) is 48.4 Å². The first-order valence-electron chi connectivity index (χ1n) is 8.92. The van der Waals surface area contributed by atoms with Crippen molar-refractivity contribution in [3.05, 3.63) is 60.0 Å². The maximum absolute atomic E-state index is 12.1. The Balaban J connectivity index is 1.49. The number of hydrogen-bond acceptors (Lipinski definition) is 5. The maximum Gasteiger partial charge on any atom is 0.291 e. The molecule has 2 N–H and O–H groups in total. The van der Waals surface area contributed by atoms with E-state index in [9.17, 15) is 4.79 Å². The van der Waals surface area contributed by atoms with Crippen LogP contribution in [0.2, 0.25) is 0 Å². The molecule has 3 aromatic rings. The normalized spacial score (nSPS) is 11.0. The predicted octanol–water partition coefficient (Wildman–Crippen LogP) is 4.00. The van der Waals surface area contributed by atoms with Crippen LogP contribution in [0.3, 0.4) is 0 Å². The molecule has 0 fully saturated rings. The smallest absolute Gasteiger partial charge is 0.291 e. The SMILES string of the molecule is CCCCCOc1ccc(/C=N\NC(=O)c2cc(-c3ccco3)[nH]n2)cc1. The predicted molar refractivity (Wildman–Crippen MR) is 103 cm³/mol. The molecular formula is C20H22N4O3. The summed E-state index contributed by atoms with van der Waals surface area (Å²) in [6, 6.07) is 12.7. The summed E-state index contributed by atoms with van der Waals surface area (Å²) in [6.07, 6.45) is 6.53. The summed E-state index contributed by atoms with van der Waals surface area (Å²) < 4.78 is 10.9. The summed E-state index contributed by atoms with van der Waals surface area (Å²) in [5.74, 6) is 1.03. The molecule has 1 amide bonds. The molecule has 0 saturated carbocycles. The number of carbonyl (C=O) groups excluding carboxylic acids is 1. The van der Waals surface area contributed by atoms with Crippen molar-refractivity contribution in [2.24, 2.45) is 5.10 Å². The lowest BCUT2D eigenvalue weighted by molar-refractivity contribution is 0.0950. The van der Waals surface area contributed by atoms with Gasteiger partial charge in [-0.3, -0.25) is 9.89 Å². The fraction of sp³-hybridized carbons (Fsp3) is 0.250. The van der Waals surface area contributed by atoms with E-state index in [0.717, 1.165) is 24.3 Å². The number of nitrogens with zero attached hydrogens (tertiary/aromatic N) is 2. The van der Waals surface area contributed by atoms with E-state index in [4.69, 9.17) is 9.15 Å². The summed E-state index contributed by atoms with van der Waals surface area (Å²) >= 11 is 0. The minimum atomic E-state index is -0.406. The standard InChI is InChI=1S/C20H22N4O3/c1-2-3-4-11-26-16-9-7-15(8-10-16)14-21-24-20(25)18-13-17(22-23-18)19-6-5-12-27-19/h5-10,12-14H,2-4,11H2,1H3,(H,22,23)(H,24,25)/b21-14-.